The maximum absolute atomic E-state index is 4.46. The third-order valence-electron chi connectivity index (χ3n) is 3.16. The Bertz CT molecular complexity index is 334. The molecular formula is C11H14Br2N2. The van der Waals surface area contributed by atoms with Crippen molar-refractivity contribution in [3.05, 3.63) is 21.1 Å². The number of aromatic nitrogens is 2. The van der Waals surface area contributed by atoms with E-state index in [0.29, 0.717) is 5.92 Å². The Morgan fingerprint density at radius 1 is 1.27 bits per heavy atom. The molecule has 0 amide bonds. The van der Waals surface area contributed by atoms with Crippen molar-refractivity contribution in [2.75, 3.05) is 0 Å². The smallest absolute Gasteiger partial charge is 0.134 e. The first-order chi connectivity index (χ1) is 7.19. The number of halogens is 2. The van der Waals surface area contributed by atoms with E-state index in [9.17, 15) is 0 Å². The van der Waals surface area contributed by atoms with Gasteiger partial charge in [0.2, 0.25) is 0 Å². The molecule has 0 bridgehead atoms. The molecule has 2 unspecified atom stereocenters. The highest BCUT2D eigenvalue weighted by Gasteiger charge is 2.26. The molecule has 1 aromatic heterocycles. The van der Waals surface area contributed by atoms with Crippen LogP contribution in [0.2, 0.25) is 0 Å². The molecule has 0 spiro atoms. The minimum Gasteiger partial charge on any atom is -0.226 e. The molecule has 0 aromatic carbocycles. The van der Waals surface area contributed by atoms with Crippen LogP contribution in [0.1, 0.15) is 44.3 Å². The molecular weight excluding hydrogens is 320 g/mol. The summed E-state index contributed by atoms with van der Waals surface area (Å²) in [6.07, 6.45) is 5.10. The average molecular weight is 334 g/mol. The van der Waals surface area contributed by atoms with Crippen molar-refractivity contribution in [3.8, 4) is 0 Å². The van der Waals surface area contributed by atoms with Gasteiger partial charge in [-0.3, -0.25) is 0 Å². The van der Waals surface area contributed by atoms with Crippen molar-refractivity contribution in [3.63, 3.8) is 0 Å². The van der Waals surface area contributed by atoms with Crippen LogP contribution in [0.3, 0.4) is 0 Å². The van der Waals surface area contributed by atoms with E-state index in [1.165, 1.54) is 25.7 Å². The minimum atomic E-state index is 0.559. The van der Waals surface area contributed by atoms with E-state index >= 15 is 0 Å². The standard InChI is InChI=1S/C11H14Br2N2/c1-2-7-3-4-8(5-7)11-14-9(12)6-10(13)15-11/h6-8H,2-5H2,1H3. The van der Waals surface area contributed by atoms with Crippen LogP contribution in [0, 0.1) is 5.92 Å². The number of nitrogens with zero attached hydrogens (tertiary/aromatic N) is 2. The van der Waals surface area contributed by atoms with Crippen LogP contribution in [-0.2, 0) is 0 Å². The summed E-state index contributed by atoms with van der Waals surface area (Å²) in [4.78, 5) is 8.92. The van der Waals surface area contributed by atoms with Crippen LogP contribution >= 0.6 is 31.9 Å². The SMILES string of the molecule is CCC1CCC(c2nc(Br)cc(Br)n2)C1. The Labute approximate surface area is 107 Å². The summed E-state index contributed by atoms with van der Waals surface area (Å²) in [5.74, 6) is 2.42. The molecule has 1 heterocycles. The molecule has 0 aliphatic heterocycles. The molecule has 1 saturated carbocycles. The van der Waals surface area contributed by atoms with Gasteiger partial charge in [-0.25, -0.2) is 9.97 Å². The predicted molar refractivity (Wildman–Crippen MR) is 67.8 cm³/mol. The lowest BCUT2D eigenvalue weighted by Crippen LogP contribution is -2.02. The zero-order valence-electron chi connectivity index (χ0n) is 8.71. The van der Waals surface area contributed by atoms with Gasteiger partial charge in [0.25, 0.3) is 0 Å². The summed E-state index contributed by atoms with van der Waals surface area (Å²) < 4.78 is 1.75. The highest BCUT2D eigenvalue weighted by molar-refractivity contribution is 9.11. The molecule has 2 rings (SSSR count). The van der Waals surface area contributed by atoms with Crippen molar-refractivity contribution < 1.29 is 0 Å². The van der Waals surface area contributed by atoms with Gasteiger partial charge in [-0.05, 0) is 57.0 Å². The molecule has 82 valence electrons. The zero-order chi connectivity index (χ0) is 10.8. The fourth-order valence-corrected chi connectivity index (χ4v) is 3.37. The van der Waals surface area contributed by atoms with Gasteiger partial charge >= 0.3 is 0 Å². The Balaban J connectivity index is 2.16. The molecule has 0 saturated heterocycles. The summed E-state index contributed by atoms with van der Waals surface area (Å²) in [5.41, 5.74) is 0. The highest BCUT2D eigenvalue weighted by Crippen LogP contribution is 2.38. The number of rotatable bonds is 2. The van der Waals surface area contributed by atoms with Gasteiger partial charge in [0.05, 0.1) is 0 Å². The molecule has 2 atom stereocenters. The van der Waals surface area contributed by atoms with Crippen LogP contribution in [0.5, 0.6) is 0 Å². The Kier molecular flexibility index (Phi) is 3.78. The summed E-state index contributed by atoms with van der Waals surface area (Å²) in [5, 5.41) is 0. The van der Waals surface area contributed by atoms with E-state index in [2.05, 4.69) is 48.8 Å². The molecule has 1 aliphatic carbocycles. The first-order valence-electron chi connectivity index (χ1n) is 5.39. The maximum atomic E-state index is 4.46. The highest BCUT2D eigenvalue weighted by atomic mass is 79.9. The summed E-state index contributed by atoms with van der Waals surface area (Å²) >= 11 is 6.82. The van der Waals surface area contributed by atoms with Gasteiger partial charge in [-0.1, -0.05) is 13.3 Å². The molecule has 0 N–H and O–H groups in total. The average Bonchev–Trinajstić information content (AvgIpc) is 2.64. The van der Waals surface area contributed by atoms with Gasteiger partial charge in [-0.15, -0.1) is 0 Å². The molecule has 4 heteroatoms. The van der Waals surface area contributed by atoms with E-state index in [-0.39, 0.29) is 0 Å². The van der Waals surface area contributed by atoms with Gasteiger partial charge in [0.1, 0.15) is 15.0 Å². The summed E-state index contributed by atoms with van der Waals surface area (Å²) in [6.45, 7) is 2.27. The first kappa shape index (κ1) is 11.5. The molecule has 15 heavy (non-hydrogen) atoms. The van der Waals surface area contributed by atoms with Crippen molar-refractivity contribution in [2.24, 2.45) is 5.92 Å². The van der Waals surface area contributed by atoms with Crippen molar-refractivity contribution >= 4 is 31.9 Å². The Morgan fingerprint density at radius 3 is 2.47 bits per heavy atom. The zero-order valence-corrected chi connectivity index (χ0v) is 11.9. The van der Waals surface area contributed by atoms with E-state index in [1.807, 2.05) is 6.07 Å². The van der Waals surface area contributed by atoms with Crippen molar-refractivity contribution in [1.82, 2.24) is 9.97 Å². The maximum Gasteiger partial charge on any atom is 0.134 e. The minimum absolute atomic E-state index is 0.559. The van der Waals surface area contributed by atoms with Gasteiger partial charge in [0, 0.05) is 12.0 Å². The van der Waals surface area contributed by atoms with Crippen molar-refractivity contribution in [1.29, 1.82) is 0 Å². The molecule has 1 aromatic rings. The molecule has 2 nitrogen and oxygen atoms in total. The second-order valence-corrected chi connectivity index (χ2v) is 5.78. The molecule has 1 aliphatic rings. The lowest BCUT2D eigenvalue weighted by Gasteiger charge is -2.09. The van der Waals surface area contributed by atoms with E-state index in [4.69, 9.17) is 0 Å². The quantitative estimate of drug-likeness (QED) is 0.754. The van der Waals surface area contributed by atoms with Gasteiger partial charge in [-0.2, -0.15) is 0 Å². The van der Waals surface area contributed by atoms with Crippen LogP contribution in [0.15, 0.2) is 15.3 Å². The lowest BCUT2D eigenvalue weighted by molar-refractivity contribution is 0.516. The van der Waals surface area contributed by atoms with Crippen molar-refractivity contribution in [2.45, 2.75) is 38.5 Å². The summed E-state index contributed by atoms with van der Waals surface area (Å²) in [6, 6.07) is 1.88. The number of hydrogen-bond acceptors (Lipinski definition) is 2. The normalized spacial score (nSPS) is 25.8. The molecule has 0 radical (unpaired) electrons. The third-order valence-corrected chi connectivity index (χ3v) is 3.98. The fourth-order valence-electron chi connectivity index (χ4n) is 2.27. The fraction of sp³-hybridized carbons (Fsp3) is 0.636. The topological polar surface area (TPSA) is 25.8 Å². The Hall–Kier alpha value is 0.0400. The third kappa shape index (κ3) is 2.78. The Morgan fingerprint density at radius 2 is 1.93 bits per heavy atom. The first-order valence-corrected chi connectivity index (χ1v) is 6.97. The van der Waals surface area contributed by atoms with Gasteiger partial charge in [0.15, 0.2) is 0 Å². The second kappa shape index (κ2) is 4.91. The van der Waals surface area contributed by atoms with E-state index in [0.717, 1.165) is 20.9 Å². The van der Waals surface area contributed by atoms with Crippen LogP contribution in [0.25, 0.3) is 0 Å². The van der Waals surface area contributed by atoms with Gasteiger partial charge < -0.3 is 0 Å². The summed E-state index contributed by atoms with van der Waals surface area (Å²) in [7, 11) is 0. The molecule has 1 fully saturated rings. The van der Waals surface area contributed by atoms with Crippen LogP contribution < -0.4 is 0 Å². The number of hydrogen-bond donors (Lipinski definition) is 0. The largest absolute Gasteiger partial charge is 0.226 e. The van der Waals surface area contributed by atoms with Crippen LogP contribution in [-0.4, -0.2) is 9.97 Å². The monoisotopic (exact) mass is 332 g/mol. The predicted octanol–water partition coefficient (Wildman–Crippen LogP) is 4.30. The van der Waals surface area contributed by atoms with E-state index < -0.39 is 0 Å². The second-order valence-electron chi connectivity index (χ2n) is 4.16. The lowest BCUT2D eigenvalue weighted by atomic mass is 10.0. The van der Waals surface area contributed by atoms with E-state index in [1.54, 1.807) is 0 Å². The van der Waals surface area contributed by atoms with Crippen LogP contribution in [0.4, 0.5) is 0 Å².